The third-order valence-corrected chi connectivity index (χ3v) is 2.61. The molecule has 16 heavy (non-hydrogen) atoms. The summed E-state index contributed by atoms with van der Waals surface area (Å²) in [6.45, 7) is 2.63. The Hall–Kier alpha value is -1.62. The van der Waals surface area contributed by atoms with E-state index in [1.54, 1.807) is 12.1 Å². The van der Waals surface area contributed by atoms with Crippen LogP contribution in [0.2, 0.25) is 0 Å². The van der Waals surface area contributed by atoms with E-state index >= 15 is 0 Å². The molecule has 0 atom stereocenters. The zero-order valence-corrected chi connectivity index (χ0v) is 8.87. The number of nitrogens with two attached hydrogens (primary N) is 1. The number of benzene rings is 1. The van der Waals surface area contributed by atoms with Crippen molar-refractivity contribution in [2.45, 2.75) is 0 Å². The number of rotatable bonds is 2. The van der Waals surface area contributed by atoms with E-state index < -0.39 is 5.82 Å². The second kappa shape index (κ2) is 4.49. The zero-order valence-electron chi connectivity index (χ0n) is 8.87. The Bertz CT molecular complexity index is 402. The first-order valence-electron chi connectivity index (χ1n) is 5.16. The number of nitrogens with one attached hydrogen (secondary N) is 1. The maximum atomic E-state index is 13.6. The number of anilines is 1. The molecule has 0 radical (unpaired) electrons. The van der Waals surface area contributed by atoms with Crippen LogP contribution in [0.1, 0.15) is 5.56 Å². The largest absolute Gasteiger partial charge is 0.384 e. The zero-order chi connectivity index (χ0) is 11.5. The summed E-state index contributed by atoms with van der Waals surface area (Å²) in [7, 11) is 0. The molecule has 0 spiro atoms. The first kappa shape index (κ1) is 10.9. The molecule has 1 aliphatic rings. The van der Waals surface area contributed by atoms with E-state index in [0.29, 0.717) is 32.0 Å². The van der Waals surface area contributed by atoms with Gasteiger partial charge in [0.1, 0.15) is 11.7 Å². The standard InChI is InChI=1S/C11H14FN3O/c12-8-2-1-3-9(10(8)11(13)14)15-4-6-16-7-5-15/h1-3H,4-7H2,(H3,13,14). The van der Waals surface area contributed by atoms with Crippen LogP contribution in [-0.2, 0) is 4.74 Å². The Labute approximate surface area is 93.3 Å². The van der Waals surface area contributed by atoms with Crippen molar-refractivity contribution in [3.8, 4) is 0 Å². The monoisotopic (exact) mass is 223 g/mol. The van der Waals surface area contributed by atoms with Crippen LogP contribution in [0.4, 0.5) is 10.1 Å². The molecule has 0 aliphatic carbocycles. The quantitative estimate of drug-likeness (QED) is 0.579. The molecule has 0 amide bonds. The molecule has 0 bridgehead atoms. The Kier molecular flexibility index (Phi) is 3.05. The highest BCUT2D eigenvalue weighted by molar-refractivity contribution is 6.00. The third kappa shape index (κ3) is 1.99. The van der Waals surface area contributed by atoms with Gasteiger partial charge in [-0.25, -0.2) is 4.39 Å². The van der Waals surface area contributed by atoms with Gasteiger partial charge >= 0.3 is 0 Å². The first-order valence-corrected chi connectivity index (χ1v) is 5.16. The van der Waals surface area contributed by atoms with Gasteiger partial charge in [0.2, 0.25) is 0 Å². The second-order valence-corrected chi connectivity index (χ2v) is 3.65. The molecule has 1 aromatic rings. The smallest absolute Gasteiger partial charge is 0.136 e. The SMILES string of the molecule is N=C(N)c1c(F)cccc1N1CCOCC1. The normalized spacial score (nSPS) is 16.2. The summed E-state index contributed by atoms with van der Waals surface area (Å²) in [5.74, 6) is -0.684. The lowest BCUT2D eigenvalue weighted by Crippen LogP contribution is -2.37. The highest BCUT2D eigenvalue weighted by Gasteiger charge is 2.18. The van der Waals surface area contributed by atoms with Gasteiger partial charge in [-0.3, -0.25) is 5.41 Å². The lowest BCUT2D eigenvalue weighted by Gasteiger charge is -2.30. The lowest BCUT2D eigenvalue weighted by atomic mass is 10.1. The van der Waals surface area contributed by atoms with Crippen LogP contribution in [0.25, 0.3) is 0 Å². The second-order valence-electron chi connectivity index (χ2n) is 3.65. The molecule has 4 nitrogen and oxygen atoms in total. The van der Waals surface area contributed by atoms with Crippen molar-refractivity contribution in [1.29, 1.82) is 5.41 Å². The topological polar surface area (TPSA) is 62.3 Å². The fourth-order valence-corrected chi connectivity index (χ4v) is 1.85. The molecule has 1 fully saturated rings. The van der Waals surface area contributed by atoms with E-state index in [1.807, 2.05) is 4.90 Å². The molecule has 5 heteroatoms. The Balaban J connectivity index is 2.38. The van der Waals surface area contributed by atoms with Gasteiger partial charge in [-0.1, -0.05) is 6.07 Å². The van der Waals surface area contributed by atoms with Crippen molar-refractivity contribution in [2.75, 3.05) is 31.2 Å². The van der Waals surface area contributed by atoms with Crippen LogP contribution in [0.5, 0.6) is 0 Å². The number of amidine groups is 1. The summed E-state index contributed by atoms with van der Waals surface area (Å²) in [4.78, 5) is 1.99. The van der Waals surface area contributed by atoms with Crippen molar-refractivity contribution in [1.82, 2.24) is 0 Å². The van der Waals surface area contributed by atoms with E-state index in [2.05, 4.69) is 0 Å². The van der Waals surface area contributed by atoms with Crippen LogP contribution in [0.15, 0.2) is 18.2 Å². The van der Waals surface area contributed by atoms with Crippen LogP contribution >= 0.6 is 0 Å². The van der Waals surface area contributed by atoms with Crippen molar-refractivity contribution in [3.05, 3.63) is 29.6 Å². The van der Waals surface area contributed by atoms with Gasteiger partial charge in [0.15, 0.2) is 0 Å². The van der Waals surface area contributed by atoms with E-state index in [9.17, 15) is 4.39 Å². The predicted octanol–water partition coefficient (Wildman–Crippen LogP) is 0.946. The minimum absolute atomic E-state index is 0.185. The lowest BCUT2D eigenvalue weighted by molar-refractivity contribution is 0.122. The van der Waals surface area contributed by atoms with Gasteiger partial charge in [0.25, 0.3) is 0 Å². The Morgan fingerprint density at radius 3 is 2.69 bits per heavy atom. The Morgan fingerprint density at radius 1 is 1.38 bits per heavy atom. The highest BCUT2D eigenvalue weighted by Crippen LogP contribution is 2.23. The molecule has 1 heterocycles. The predicted molar refractivity (Wildman–Crippen MR) is 60.4 cm³/mol. The van der Waals surface area contributed by atoms with Crippen LogP contribution in [-0.4, -0.2) is 32.1 Å². The first-order chi connectivity index (χ1) is 7.70. The maximum Gasteiger partial charge on any atom is 0.136 e. The van der Waals surface area contributed by atoms with E-state index in [4.69, 9.17) is 15.9 Å². The van der Waals surface area contributed by atoms with Crippen LogP contribution < -0.4 is 10.6 Å². The molecule has 1 saturated heterocycles. The summed E-state index contributed by atoms with van der Waals surface area (Å²) >= 11 is 0. The van der Waals surface area contributed by atoms with Gasteiger partial charge in [-0.2, -0.15) is 0 Å². The number of nitrogen functional groups attached to an aromatic ring is 1. The van der Waals surface area contributed by atoms with Crippen molar-refractivity contribution < 1.29 is 9.13 Å². The highest BCUT2D eigenvalue weighted by atomic mass is 19.1. The maximum absolute atomic E-state index is 13.6. The molecule has 1 aromatic carbocycles. The van der Waals surface area contributed by atoms with Gasteiger partial charge in [0.05, 0.1) is 24.5 Å². The van der Waals surface area contributed by atoms with Crippen LogP contribution in [0, 0.1) is 11.2 Å². The molecule has 0 unspecified atom stereocenters. The summed E-state index contributed by atoms with van der Waals surface area (Å²) in [6, 6.07) is 4.73. The number of nitrogens with zero attached hydrogens (tertiary/aromatic N) is 1. The van der Waals surface area contributed by atoms with Gasteiger partial charge < -0.3 is 15.4 Å². The van der Waals surface area contributed by atoms with Crippen molar-refractivity contribution >= 4 is 11.5 Å². The molecular formula is C11H14FN3O. The number of morpholine rings is 1. The average molecular weight is 223 g/mol. The summed E-state index contributed by atoms with van der Waals surface area (Å²) < 4.78 is 18.8. The number of ether oxygens (including phenoxy) is 1. The van der Waals surface area contributed by atoms with E-state index in [-0.39, 0.29) is 11.4 Å². The van der Waals surface area contributed by atoms with Gasteiger partial charge in [-0.05, 0) is 12.1 Å². The molecule has 1 aliphatic heterocycles. The summed E-state index contributed by atoms with van der Waals surface area (Å²) in [5, 5.41) is 7.42. The van der Waals surface area contributed by atoms with Crippen molar-refractivity contribution in [3.63, 3.8) is 0 Å². The molecule has 2 rings (SSSR count). The molecule has 0 saturated carbocycles. The molecule has 0 aromatic heterocycles. The van der Waals surface area contributed by atoms with Crippen molar-refractivity contribution in [2.24, 2.45) is 5.73 Å². The van der Waals surface area contributed by atoms with E-state index in [0.717, 1.165) is 0 Å². The number of hydrogen-bond acceptors (Lipinski definition) is 3. The molecule has 86 valence electrons. The minimum Gasteiger partial charge on any atom is -0.384 e. The molecule has 3 N–H and O–H groups in total. The number of hydrogen-bond donors (Lipinski definition) is 2. The molecular weight excluding hydrogens is 209 g/mol. The van der Waals surface area contributed by atoms with Crippen LogP contribution in [0.3, 0.4) is 0 Å². The van der Waals surface area contributed by atoms with Gasteiger partial charge in [-0.15, -0.1) is 0 Å². The third-order valence-electron chi connectivity index (χ3n) is 2.61. The Morgan fingerprint density at radius 2 is 2.06 bits per heavy atom. The number of halogens is 1. The average Bonchev–Trinajstić information content (AvgIpc) is 2.29. The van der Waals surface area contributed by atoms with E-state index in [1.165, 1.54) is 6.07 Å². The summed E-state index contributed by atoms with van der Waals surface area (Å²) in [5.41, 5.74) is 6.27. The summed E-state index contributed by atoms with van der Waals surface area (Å²) in [6.07, 6.45) is 0. The van der Waals surface area contributed by atoms with Gasteiger partial charge in [0, 0.05) is 13.1 Å². The fraction of sp³-hybridized carbons (Fsp3) is 0.364. The minimum atomic E-state index is -0.448. The fourth-order valence-electron chi connectivity index (χ4n) is 1.85.